The fourth-order valence-corrected chi connectivity index (χ4v) is 3.29. The smallest absolute Gasteiger partial charge is 0.287 e. The fourth-order valence-electron chi connectivity index (χ4n) is 2.23. The molecule has 1 amide bonds. The van der Waals surface area contributed by atoms with Crippen LogP contribution in [0.25, 0.3) is 5.69 Å². The monoisotopic (exact) mass is 423 g/mol. The Bertz CT molecular complexity index is 1060. The summed E-state index contributed by atoms with van der Waals surface area (Å²) >= 11 is 12.6. The average molecular weight is 424 g/mol. The molecule has 3 rings (SSSR count). The lowest BCUT2D eigenvalue weighted by molar-refractivity contribution is -0.113. The summed E-state index contributed by atoms with van der Waals surface area (Å²) in [6.45, 7) is 0. The van der Waals surface area contributed by atoms with Crippen LogP contribution >= 0.6 is 35.0 Å². The molecule has 0 saturated heterocycles. The quantitative estimate of drug-likeness (QED) is 0.617. The van der Waals surface area contributed by atoms with E-state index in [1.54, 1.807) is 24.3 Å². The lowest BCUT2D eigenvalue weighted by Gasteiger charge is -2.08. The Morgan fingerprint density at radius 1 is 1.22 bits per heavy atom. The number of anilines is 1. The molecule has 1 heterocycles. The number of carbonyl (C=O) groups is 1. The second kappa shape index (κ2) is 8.56. The van der Waals surface area contributed by atoms with Gasteiger partial charge in [0, 0.05) is 23.1 Å². The van der Waals surface area contributed by atoms with Gasteiger partial charge in [0.1, 0.15) is 5.82 Å². The second-order valence-corrected chi connectivity index (χ2v) is 7.16. The van der Waals surface area contributed by atoms with Crippen molar-refractivity contribution in [3.63, 3.8) is 0 Å². The average Bonchev–Trinajstić information content (AvgIpc) is 2.63. The summed E-state index contributed by atoms with van der Waals surface area (Å²) in [5, 5.41) is 3.24. The van der Waals surface area contributed by atoms with Crippen LogP contribution in [0.4, 0.5) is 10.1 Å². The number of carbonyl (C=O) groups excluding carboxylic acids is 1. The zero-order valence-electron chi connectivity index (χ0n) is 13.7. The predicted molar refractivity (Wildman–Crippen MR) is 106 cm³/mol. The van der Waals surface area contributed by atoms with E-state index < -0.39 is 11.4 Å². The van der Waals surface area contributed by atoms with Crippen molar-refractivity contribution >= 4 is 46.6 Å². The number of hydrogen-bond acceptors (Lipinski definition) is 4. The lowest BCUT2D eigenvalue weighted by Crippen LogP contribution is -2.22. The van der Waals surface area contributed by atoms with Gasteiger partial charge in [-0.3, -0.25) is 14.2 Å². The van der Waals surface area contributed by atoms with Gasteiger partial charge in [-0.1, -0.05) is 41.0 Å². The van der Waals surface area contributed by atoms with E-state index in [9.17, 15) is 14.0 Å². The Morgan fingerprint density at radius 2 is 2.04 bits per heavy atom. The normalized spacial score (nSPS) is 10.6. The molecule has 0 radical (unpaired) electrons. The van der Waals surface area contributed by atoms with Gasteiger partial charge >= 0.3 is 0 Å². The molecule has 1 aromatic heterocycles. The standard InChI is InChI=1S/C18H12Cl2FN3O2S/c19-11-2-1-3-12(8-11)23-16(25)10-27-17-18(26)24(7-6-22-17)13-4-5-15(21)14(20)9-13/h1-9H,10H2,(H,23,25). The molecular weight excluding hydrogens is 412 g/mol. The Hall–Kier alpha value is -2.35. The highest BCUT2D eigenvalue weighted by Crippen LogP contribution is 2.19. The van der Waals surface area contributed by atoms with Gasteiger partial charge in [-0.05, 0) is 36.4 Å². The summed E-state index contributed by atoms with van der Waals surface area (Å²) in [7, 11) is 0. The molecule has 0 atom stereocenters. The minimum absolute atomic E-state index is 0.0110. The molecule has 0 bridgehead atoms. The lowest BCUT2D eigenvalue weighted by atomic mass is 10.3. The van der Waals surface area contributed by atoms with Crippen molar-refractivity contribution in [1.29, 1.82) is 0 Å². The molecule has 0 fully saturated rings. The summed E-state index contributed by atoms with van der Waals surface area (Å²) in [6, 6.07) is 10.7. The van der Waals surface area contributed by atoms with Crippen LogP contribution in [-0.2, 0) is 4.79 Å². The Morgan fingerprint density at radius 3 is 2.78 bits per heavy atom. The summed E-state index contributed by atoms with van der Waals surface area (Å²) in [5.74, 6) is -0.887. The van der Waals surface area contributed by atoms with Crippen LogP contribution in [0.15, 0.2) is 64.7 Å². The van der Waals surface area contributed by atoms with Crippen LogP contribution in [0.1, 0.15) is 0 Å². The highest BCUT2D eigenvalue weighted by Gasteiger charge is 2.11. The molecule has 1 N–H and O–H groups in total. The molecule has 0 aliphatic heterocycles. The maximum Gasteiger partial charge on any atom is 0.287 e. The van der Waals surface area contributed by atoms with E-state index in [2.05, 4.69) is 10.3 Å². The second-order valence-electron chi connectivity index (χ2n) is 5.35. The minimum atomic E-state index is -0.574. The van der Waals surface area contributed by atoms with Crippen LogP contribution in [0.2, 0.25) is 10.0 Å². The number of nitrogens with zero attached hydrogens (tertiary/aromatic N) is 2. The van der Waals surface area contributed by atoms with Crippen molar-refractivity contribution in [3.05, 3.63) is 81.1 Å². The first-order chi connectivity index (χ1) is 12.9. The van der Waals surface area contributed by atoms with Crippen LogP contribution in [0, 0.1) is 5.82 Å². The van der Waals surface area contributed by atoms with Gasteiger partial charge in [-0.2, -0.15) is 0 Å². The number of benzene rings is 2. The first-order valence-corrected chi connectivity index (χ1v) is 9.39. The molecule has 9 heteroatoms. The molecular formula is C18H12Cl2FN3O2S. The Labute approximate surface area is 168 Å². The van der Waals surface area contributed by atoms with Crippen LogP contribution in [0.3, 0.4) is 0 Å². The van der Waals surface area contributed by atoms with E-state index in [1.165, 1.54) is 35.2 Å². The van der Waals surface area contributed by atoms with Crippen LogP contribution < -0.4 is 10.9 Å². The van der Waals surface area contributed by atoms with Crippen LogP contribution in [-0.4, -0.2) is 21.2 Å². The van der Waals surface area contributed by atoms with E-state index in [0.29, 0.717) is 16.4 Å². The van der Waals surface area contributed by atoms with E-state index in [-0.39, 0.29) is 21.7 Å². The SMILES string of the molecule is O=C(CSc1nccn(-c2ccc(F)c(Cl)c2)c1=O)Nc1cccc(Cl)c1. The minimum Gasteiger partial charge on any atom is -0.325 e. The van der Waals surface area contributed by atoms with Crippen LogP contribution in [0.5, 0.6) is 0 Å². The third kappa shape index (κ3) is 4.88. The van der Waals surface area contributed by atoms with Gasteiger partial charge < -0.3 is 5.32 Å². The summed E-state index contributed by atoms with van der Waals surface area (Å²) in [6.07, 6.45) is 2.87. The maximum atomic E-state index is 13.3. The van der Waals surface area contributed by atoms with Gasteiger partial charge in [0.15, 0.2) is 5.03 Å². The van der Waals surface area contributed by atoms with E-state index >= 15 is 0 Å². The molecule has 5 nitrogen and oxygen atoms in total. The van der Waals surface area contributed by atoms with E-state index in [0.717, 1.165) is 11.8 Å². The number of aromatic nitrogens is 2. The van der Waals surface area contributed by atoms with Crippen molar-refractivity contribution in [2.75, 3.05) is 11.1 Å². The molecule has 138 valence electrons. The zero-order valence-corrected chi connectivity index (χ0v) is 16.0. The topological polar surface area (TPSA) is 64.0 Å². The summed E-state index contributed by atoms with van der Waals surface area (Å²) in [4.78, 5) is 28.7. The molecule has 0 unspecified atom stereocenters. The predicted octanol–water partition coefficient (Wildman–Crippen LogP) is 4.41. The molecule has 27 heavy (non-hydrogen) atoms. The molecule has 0 saturated carbocycles. The van der Waals surface area contributed by atoms with Crippen molar-refractivity contribution in [1.82, 2.24) is 9.55 Å². The molecule has 0 spiro atoms. The molecule has 0 aliphatic carbocycles. The number of amides is 1. The summed E-state index contributed by atoms with van der Waals surface area (Å²) in [5.41, 5.74) is 0.534. The largest absolute Gasteiger partial charge is 0.325 e. The number of hydrogen-bond donors (Lipinski definition) is 1. The molecule has 0 aliphatic rings. The Balaban J connectivity index is 1.73. The van der Waals surface area contributed by atoms with Crippen molar-refractivity contribution < 1.29 is 9.18 Å². The van der Waals surface area contributed by atoms with Gasteiger partial charge in [-0.25, -0.2) is 9.37 Å². The number of rotatable bonds is 5. The molecule has 3 aromatic rings. The van der Waals surface area contributed by atoms with Crippen molar-refractivity contribution in [3.8, 4) is 5.69 Å². The highest BCUT2D eigenvalue weighted by atomic mass is 35.5. The van der Waals surface area contributed by atoms with Crippen molar-refractivity contribution in [2.24, 2.45) is 0 Å². The summed E-state index contributed by atoms with van der Waals surface area (Å²) < 4.78 is 14.6. The Kier molecular flexibility index (Phi) is 6.15. The van der Waals surface area contributed by atoms with Gasteiger partial charge in [0.05, 0.1) is 16.5 Å². The van der Waals surface area contributed by atoms with Gasteiger partial charge in [0.2, 0.25) is 5.91 Å². The first-order valence-electron chi connectivity index (χ1n) is 7.65. The molecule has 2 aromatic carbocycles. The highest BCUT2D eigenvalue weighted by molar-refractivity contribution is 7.99. The third-order valence-electron chi connectivity index (χ3n) is 3.44. The third-order valence-corrected chi connectivity index (χ3v) is 4.92. The number of thioether (sulfide) groups is 1. The zero-order chi connectivity index (χ0) is 19.4. The van der Waals surface area contributed by atoms with Gasteiger partial charge in [-0.15, -0.1) is 0 Å². The first kappa shape index (κ1) is 19.4. The van der Waals surface area contributed by atoms with Crippen molar-refractivity contribution in [2.45, 2.75) is 5.03 Å². The fraction of sp³-hybridized carbons (Fsp3) is 0.0556. The number of halogens is 3. The maximum absolute atomic E-state index is 13.3. The van der Waals surface area contributed by atoms with E-state index in [1.807, 2.05) is 0 Å². The van der Waals surface area contributed by atoms with E-state index in [4.69, 9.17) is 23.2 Å². The number of nitrogens with one attached hydrogen (secondary N) is 1. The van der Waals surface area contributed by atoms with Gasteiger partial charge in [0.25, 0.3) is 5.56 Å².